The van der Waals surface area contributed by atoms with Crippen molar-refractivity contribution in [3.63, 3.8) is 0 Å². The van der Waals surface area contributed by atoms with Crippen molar-refractivity contribution in [2.24, 2.45) is 5.92 Å². The van der Waals surface area contributed by atoms with Crippen molar-refractivity contribution in [1.82, 2.24) is 10.2 Å². The number of hydrogen-bond donors (Lipinski definition) is 1. The monoisotopic (exact) mass is 364 g/mol. The zero-order valence-electron chi connectivity index (χ0n) is 13.5. The van der Waals surface area contributed by atoms with Crippen LogP contribution in [0.3, 0.4) is 0 Å². The van der Waals surface area contributed by atoms with Crippen LogP contribution in [-0.2, 0) is 9.59 Å². The van der Waals surface area contributed by atoms with E-state index in [0.29, 0.717) is 18.1 Å². The van der Waals surface area contributed by atoms with Gasteiger partial charge in [0.15, 0.2) is 0 Å². The molecule has 6 heteroatoms. The molecular weight excluding hydrogens is 344 g/mol. The van der Waals surface area contributed by atoms with Crippen molar-refractivity contribution in [2.45, 2.75) is 30.2 Å². The molecule has 1 fully saturated rings. The molecule has 2 amide bonds. The number of benzene rings is 1. The van der Waals surface area contributed by atoms with Crippen molar-refractivity contribution >= 4 is 35.2 Å². The highest BCUT2D eigenvalue weighted by Crippen LogP contribution is 2.37. The van der Waals surface area contributed by atoms with Gasteiger partial charge in [0.25, 0.3) is 0 Å². The summed E-state index contributed by atoms with van der Waals surface area (Å²) in [6, 6.07) is 5.85. The Bertz CT molecular complexity index is 664. The molecule has 0 radical (unpaired) electrons. The Morgan fingerprint density at radius 3 is 3.00 bits per heavy atom. The van der Waals surface area contributed by atoms with Gasteiger partial charge in [-0.3, -0.25) is 9.59 Å². The van der Waals surface area contributed by atoms with E-state index in [-0.39, 0.29) is 23.8 Å². The van der Waals surface area contributed by atoms with Gasteiger partial charge in [0, 0.05) is 28.8 Å². The molecule has 24 heavy (non-hydrogen) atoms. The molecule has 128 valence electrons. The smallest absolute Gasteiger partial charge is 0.245 e. The van der Waals surface area contributed by atoms with Crippen molar-refractivity contribution < 1.29 is 9.59 Å². The third kappa shape index (κ3) is 3.78. The first-order valence-electron chi connectivity index (χ1n) is 8.22. The molecule has 0 saturated carbocycles. The van der Waals surface area contributed by atoms with Crippen LogP contribution >= 0.6 is 23.4 Å². The molecule has 2 heterocycles. The fourth-order valence-electron chi connectivity index (χ4n) is 3.33. The SMILES string of the molecule is C=CC(=O)N1CCCC(C(=O)NC2CCSc3ccc(Cl)cc32)C1. The first-order valence-corrected chi connectivity index (χ1v) is 9.59. The molecule has 1 aromatic rings. The number of nitrogens with zero attached hydrogens (tertiary/aromatic N) is 1. The van der Waals surface area contributed by atoms with Gasteiger partial charge in [0.1, 0.15) is 0 Å². The van der Waals surface area contributed by atoms with Crippen molar-refractivity contribution in [2.75, 3.05) is 18.8 Å². The Labute approximate surface area is 151 Å². The summed E-state index contributed by atoms with van der Waals surface area (Å²) in [6.45, 7) is 4.70. The maximum Gasteiger partial charge on any atom is 0.245 e. The Morgan fingerprint density at radius 1 is 1.38 bits per heavy atom. The number of nitrogens with one attached hydrogen (secondary N) is 1. The molecule has 1 saturated heterocycles. The van der Waals surface area contributed by atoms with Crippen molar-refractivity contribution in [3.8, 4) is 0 Å². The topological polar surface area (TPSA) is 49.4 Å². The van der Waals surface area contributed by atoms with Gasteiger partial charge in [-0.05, 0) is 49.1 Å². The quantitative estimate of drug-likeness (QED) is 0.836. The summed E-state index contributed by atoms with van der Waals surface area (Å²) in [4.78, 5) is 27.4. The van der Waals surface area contributed by atoms with E-state index >= 15 is 0 Å². The largest absolute Gasteiger partial charge is 0.349 e. The summed E-state index contributed by atoms with van der Waals surface area (Å²) in [5, 5.41) is 3.87. The number of amides is 2. The fourth-order valence-corrected chi connectivity index (χ4v) is 4.61. The molecule has 0 spiro atoms. The van der Waals surface area contributed by atoms with Crippen LogP contribution in [0.2, 0.25) is 5.02 Å². The highest BCUT2D eigenvalue weighted by Gasteiger charge is 2.30. The standard InChI is InChI=1S/C18H21ClN2O2S/c1-2-17(22)21-8-3-4-12(11-21)18(23)20-15-7-9-24-16-6-5-13(19)10-14(15)16/h2,5-6,10,12,15H,1,3-4,7-9,11H2,(H,20,23). The second-order valence-corrected chi connectivity index (χ2v) is 7.78. The van der Waals surface area contributed by atoms with E-state index in [1.165, 1.54) is 11.0 Å². The van der Waals surface area contributed by atoms with E-state index in [0.717, 1.165) is 30.6 Å². The van der Waals surface area contributed by atoms with Crippen LogP contribution in [0.4, 0.5) is 0 Å². The summed E-state index contributed by atoms with van der Waals surface area (Å²) >= 11 is 7.92. The number of hydrogen-bond acceptors (Lipinski definition) is 3. The molecule has 0 aromatic heterocycles. The number of rotatable bonds is 3. The summed E-state index contributed by atoms with van der Waals surface area (Å²) in [5.41, 5.74) is 1.10. The third-order valence-electron chi connectivity index (χ3n) is 4.61. The van der Waals surface area contributed by atoms with Crippen LogP contribution in [0.25, 0.3) is 0 Å². The Hall–Kier alpha value is -1.46. The normalized spacial score (nSPS) is 23.3. The predicted octanol–water partition coefficient (Wildman–Crippen LogP) is 3.42. The van der Waals surface area contributed by atoms with Gasteiger partial charge in [-0.1, -0.05) is 18.2 Å². The van der Waals surface area contributed by atoms with Crippen LogP contribution in [0.5, 0.6) is 0 Å². The zero-order valence-corrected chi connectivity index (χ0v) is 15.0. The Morgan fingerprint density at radius 2 is 2.21 bits per heavy atom. The molecule has 2 aliphatic rings. The molecule has 4 nitrogen and oxygen atoms in total. The number of carbonyl (C=O) groups is 2. The Balaban J connectivity index is 1.68. The second-order valence-electron chi connectivity index (χ2n) is 6.21. The maximum atomic E-state index is 12.7. The highest BCUT2D eigenvalue weighted by molar-refractivity contribution is 7.99. The van der Waals surface area contributed by atoms with E-state index in [9.17, 15) is 9.59 Å². The van der Waals surface area contributed by atoms with E-state index in [1.54, 1.807) is 16.7 Å². The molecule has 2 aliphatic heterocycles. The summed E-state index contributed by atoms with van der Waals surface area (Å²) in [5.74, 6) is 0.753. The molecular formula is C18H21ClN2O2S. The summed E-state index contributed by atoms with van der Waals surface area (Å²) in [7, 11) is 0. The van der Waals surface area contributed by atoms with Crippen molar-refractivity contribution in [3.05, 3.63) is 41.4 Å². The van der Waals surface area contributed by atoms with E-state index < -0.39 is 0 Å². The van der Waals surface area contributed by atoms with Gasteiger partial charge in [0.2, 0.25) is 11.8 Å². The summed E-state index contributed by atoms with van der Waals surface area (Å²) < 4.78 is 0. The average molecular weight is 365 g/mol. The van der Waals surface area contributed by atoms with Crippen LogP contribution < -0.4 is 5.32 Å². The van der Waals surface area contributed by atoms with Crippen LogP contribution in [0.15, 0.2) is 35.7 Å². The lowest BCUT2D eigenvalue weighted by Gasteiger charge is -2.33. The molecule has 2 atom stereocenters. The lowest BCUT2D eigenvalue weighted by atomic mass is 9.95. The lowest BCUT2D eigenvalue weighted by molar-refractivity contribution is -0.132. The Kier molecular flexibility index (Phi) is 5.51. The number of carbonyl (C=O) groups excluding carboxylic acids is 2. The minimum atomic E-state index is -0.153. The van der Waals surface area contributed by atoms with Gasteiger partial charge in [-0.25, -0.2) is 0 Å². The molecule has 2 unspecified atom stereocenters. The van der Waals surface area contributed by atoms with E-state index in [2.05, 4.69) is 11.9 Å². The van der Waals surface area contributed by atoms with Crippen LogP contribution in [0.1, 0.15) is 30.9 Å². The minimum Gasteiger partial charge on any atom is -0.349 e. The molecule has 0 aliphatic carbocycles. The maximum absolute atomic E-state index is 12.7. The molecule has 3 rings (SSSR count). The van der Waals surface area contributed by atoms with E-state index in [4.69, 9.17) is 11.6 Å². The molecule has 0 bridgehead atoms. The molecule has 1 aromatic carbocycles. The van der Waals surface area contributed by atoms with E-state index in [1.807, 2.05) is 18.2 Å². The highest BCUT2D eigenvalue weighted by atomic mass is 35.5. The molecule has 1 N–H and O–H groups in total. The van der Waals surface area contributed by atoms with Gasteiger partial charge in [0.05, 0.1) is 12.0 Å². The van der Waals surface area contributed by atoms with Gasteiger partial charge >= 0.3 is 0 Å². The number of likely N-dealkylation sites (tertiary alicyclic amines) is 1. The zero-order chi connectivity index (χ0) is 17.1. The average Bonchev–Trinajstić information content (AvgIpc) is 2.61. The number of halogens is 1. The first-order chi connectivity index (χ1) is 11.6. The van der Waals surface area contributed by atoms with Gasteiger partial charge in [-0.15, -0.1) is 11.8 Å². The van der Waals surface area contributed by atoms with Crippen molar-refractivity contribution in [1.29, 1.82) is 0 Å². The second kappa shape index (κ2) is 7.62. The third-order valence-corrected chi connectivity index (χ3v) is 5.96. The lowest BCUT2D eigenvalue weighted by Crippen LogP contribution is -2.45. The van der Waals surface area contributed by atoms with Crippen LogP contribution in [-0.4, -0.2) is 35.6 Å². The number of thioether (sulfide) groups is 1. The first kappa shape index (κ1) is 17.4. The summed E-state index contributed by atoms with van der Waals surface area (Å²) in [6.07, 6.45) is 3.87. The van der Waals surface area contributed by atoms with Gasteiger partial charge in [-0.2, -0.15) is 0 Å². The van der Waals surface area contributed by atoms with Gasteiger partial charge < -0.3 is 10.2 Å². The minimum absolute atomic E-state index is 0.00191. The predicted molar refractivity (Wildman–Crippen MR) is 97.2 cm³/mol. The fraction of sp³-hybridized carbons (Fsp3) is 0.444. The number of piperidine rings is 1. The van der Waals surface area contributed by atoms with Crippen LogP contribution in [0, 0.1) is 5.92 Å². The number of fused-ring (bicyclic) bond motifs is 1.